The molecule has 1 aliphatic heterocycles. The summed E-state index contributed by atoms with van der Waals surface area (Å²) < 4.78 is 0. The number of hydrogen-bond donors (Lipinski definition) is 1. The molecular formula is C24H23N3O2. The third-order valence-corrected chi connectivity index (χ3v) is 5.19. The van der Waals surface area contributed by atoms with E-state index in [-0.39, 0.29) is 11.8 Å². The van der Waals surface area contributed by atoms with Gasteiger partial charge in [0.25, 0.3) is 11.8 Å². The molecule has 0 bridgehead atoms. The van der Waals surface area contributed by atoms with E-state index in [1.54, 1.807) is 17.0 Å². The van der Waals surface area contributed by atoms with Crippen molar-refractivity contribution in [3.63, 3.8) is 0 Å². The average molecular weight is 385 g/mol. The summed E-state index contributed by atoms with van der Waals surface area (Å²) >= 11 is 0. The summed E-state index contributed by atoms with van der Waals surface area (Å²) in [6.45, 7) is 3.68. The number of nitrogens with zero attached hydrogens (tertiary/aromatic N) is 2. The summed E-state index contributed by atoms with van der Waals surface area (Å²) in [5.41, 5.74) is 5.38. The summed E-state index contributed by atoms with van der Waals surface area (Å²) in [5.74, 6) is -0.361. The van der Waals surface area contributed by atoms with Crippen LogP contribution in [0.1, 0.15) is 43.1 Å². The molecule has 5 heteroatoms. The number of carbonyl (C=O) groups excluding carboxylic acids is 2. The van der Waals surface area contributed by atoms with E-state index in [1.165, 1.54) is 17.3 Å². The minimum absolute atomic E-state index is 0.146. The normalized spacial score (nSPS) is 12.9. The molecule has 0 saturated heterocycles. The van der Waals surface area contributed by atoms with Gasteiger partial charge in [-0.3, -0.25) is 14.6 Å². The van der Waals surface area contributed by atoms with Gasteiger partial charge in [-0.05, 0) is 42.2 Å². The molecule has 1 N–H and O–H groups in total. The maximum atomic E-state index is 12.9. The molecule has 4 rings (SSSR count). The van der Waals surface area contributed by atoms with E-state index in [0.717, 1.165) is 17.5 Å². The van der Waals surface area contributed by atoms with Crippen molar-refractivity contribution in [3.05, 3.63) is 100 Å². The van der Waals surface area contributed by atoms with Crippen molar-refractivity contribution in [1.82, 2.24) is 15.2 Å². The fourth-order valence-corrected chi connectivity index (χ4v) is 3.63. The predicted molar refractivity (Wildman–Crippen MR) is 111 cm³/mol. The van der Waals surface area contributed by atoms with Crippen molar-refractivity contribution in [1.29, 1.82) is 0 Å². The number of benzene rings is 2. The molecule has 2 aromatic carbocycles. The molecule has 0 radical (unpaired) electrons. The molecule has 1 aliphatic rings. The highest BCUT2D eigenvalue weighted by atomic mass is 16.2. The van der Waals surface area contributed by atoms with Gasteiger partial charge in [0.1, 0.15) is 5.69 Å². The van der Waals surface area contributed by atoms with Crippen molar-refractivity contribution in [2.45, 2.75) is 26.4 Å². The molecular weight excluding hydrogens is 362 g/mol. The van der Waals surface area contributed by atoms with Crippen LogP contribution in [-0.2, 0) is 19.5 Å². The van der Waals surface area contributed by atoms with Gasteiger partial charge >= 0.3 is 0 Å². The molecule has 0 aliphatic carbocycles. The molecule has 5 nitrogen and oxygen atoms in total. The van der Waals surface area contributed by atoms with Crippen molar-refractivity contribution >= 4 is 11.8 Å². The number of fused-ring (bicyclic) bond motifs is 1. The Hall–Kier alpha value is -3.47. The van der Waals surface area contributed by atoms with Crippen LogP contribution in [-0.4, -0.2) is 28.2 Å². The van der Waals surface area contributed by atoms with E-state index in [4.69, 9.17) is 0 Å². The van der Waals surface area contributed by atoms with Crippen LogP contribution in [0.2, 0.25) is 0 Å². The number of amides is 2. The fourth-order valence-electron chi connectivity index (χ4n) is 3.63. The first-order valence-electron chi connectivity index (χ1n) is 9.76. The Bertz CT molecular complexity index is 1060. The highest BCUT2D eigenvalue weighted by Gasteiger charge is 2.23. The number of carbonyl (C=O) groups is 2. The number of nitrogens with one attached hydrogen (secondary N) is 1. The third kappa shape index (κ3) is 4.35. The molecule has 3 aromatic rings. The molecule has 0 spiro atoms. The van der Waals surface area contributed by atoms with Crippen molar-refractivity contribution in [2.24, 2.45) is 0 Å². The predicted octanol–water partition coefficient (Wildman–Crippen LogP) is 3.52. The summed E-state index contributed by atoms with van der Waals surface area (Å²) in [5, 5.41) is 2.91. The molecule has 0 atom stereocenters. The van der Waals surface area contributed by atoms with Gasteiger partial charge in [-0.2, -0.15) is 0 Å². The minimum Gasteiger partial charge on any atom is -0.348 e. The summed E-state index contributed by atoms with van der Waals surface area (Å²) in [6, 6.07) is 19.4. The number of aryl methyl sites for hydroxylation is 1. The SMILES string of the molecule is Cc1cccc(CNC(=O)c2ccnc(C(=O)N3CCc4ccccc4C3)c2)c1. The number of hydrogen-bond acceptors (Lipinski definition) is 3. The first kappa shape index (κ1) is 18.9. The first-order valence-corrected chi connectivity index (χ1v) is 9.76. The zero-order valence-corrected chi connectivity index (χ0v) is 16.4. The molecule has 1 aromatic heterocycles. The quantitative estimate of drug-likeness (QED) is 0.747. The average Bonchev–Trinajstić information content (AvgIpc) is 2.76. The third-order valence-electron chi connectivity index (χ3n) is 5.19. The number of rotatable bonds is 4. The fraction of sp³-hybridized carbons (Fsp3) is 0.208. The van der Waals surface area contributed by atoms with Crippen LogP contribution in [0.3, 0.4) is 0 Å². The molecule has 0 unspecified atom stereocenters. The largest absolute Gasteiger partial charge is 0.348 e. The van der Waals surface area contributed by atoms with Crippen LogP contribution in [0, 0.1) is 6.92 Å². The lowest BCUT2D eigenvalue weighted by Gasteiger charge is -2.28. The van der Waals surface area contributed by atoms with Crippen molar-refractivity contribution in [2.75, 3.05) is 6.54 Å². The Morgan fingerprint density at radius 3 is 2.69 bits per heavy atom. The van der Waals surface area contributed by atoms with Gasteiger partial charge in [-0.15, -0.1) is 0 Å². The first-order chi connectivity index (χ1) is 14.1. The van der Waals surface area contributed by atoms with Crippen LogP contribution in [0.25, 0.3) is 0 Å². The number of aromatic nitrogens is 1. The molecule has 0 fully saturated rings. The minimum atomic E-state index is -0.216. The summed E-state index contributed by atoms with van der Waals surface area (Å²) in [6.07, 6.45) is 2.35. The Morgan fingerprint density at radius 1 is 1.03 bits per heavy atom. The highest BCUT2D eigenvalue weighted by molar-refractivity contribution is 5.98. The second-order valence-corrected chi connectivity index (χ2v) is 7.35. The topological polar surface area (TPSA) is 62.3 Å². The molecule has 29 heavy (non-hydrogen) atoms. The lowest BCUT2D eigenvalue weighted by molar-refractivity contribution is 0.0728. The van der Waals surface area contributed by atoms with E-state index in [0.29, 0.717) is 30.9 Å². The van der Waals surface area contributed by atoms with E-state index in [2.05, 4.69) is 22.4 Å². The van der Waals surface area contributed by atoms with E-state index in [1.807, 2.05) is 43.3 Å². The zero-order valence-electron chi connectivity index (χ0n) is 16.4. The van der Waals surface area contributed by atoms with Gasteiger partial charge in [0.05, 0.1) is 0 Å². The Morgan fingerprint density at radius 2 is 1.86 bits per heavy atom. The highest BCUT2D eigenvalue weighted by Crippen LogP contribution is 2.20. The molecule has 146 valence electrons. The van der Waals surface area contributed by atoms with Crippen molar-refractivity contribution in [3.8, 4) is 0 Å². The van der Waals surface area contributed by atoms with Crippen LogP contribution in [0.15, 0.2) is 66.9 Å². The van der Waals surface area contributed by atoms with Crippen LogP contribution >= 0.6 is 0 Å². The molecule has 2 heterocycles. The van der Waals surface area contributed by atoms with E-state index < -0.39 is 0 Å². The van der Waals surface area contributed by atoms with Gasteiger partial charge < -0.3 is 10.2 Å². The van der Waals surface area contributed by atoms with E-state index in [9.17, 15) is 9.59 Å². The Balaban J connectivity index is 1.44. The molecule has 0 saturated carbocycles. The van der Waals surface area contributed by atoms with Crippen LogP contribution in [0.5, 0.6) is 0 Å². The lowest BCUT2D eigenvalue weighted by Crippen LogP contribution is -2.36. The lowest BCUT2D eigenvalue weighted by atomic mass is 9.99. The van der Waals surface area contributed by atoms with Crippen LogP contribution < -0.4 is 5.32 Å². The Kier molecular flexibility index (Phi) is 5.38. The smallest absolute Gasteiger partial charge is 0.272 e. The Labute approximate surface area is 170 Å². The zero-order chi connectivity index (χ0) is 20.2. The van der Waals surface area contributed by atoms with Gasteiger partial charge in [-0.1, -0.05) is 54.1 Å². The summed E-state index contributed by atoms with van der Waals surface area (Å²) in [7, 11) is 0. The maximum Gasteiger partial charge on any atom is 0.272 e. The van der Waals surface area contributed by atoms with Crippen LogP contribution in [0.4, 0.5) is 0 Å². The van der Waals surface area contributed by atoms with Gasteiger partial charge in [0.15, 0.2) is 0 Å². The summed E-state index contributed by atoms with van der Waals surface area (Å²) in [4.78, 5) is 31.5. The number of pyridine rings is 1. The van der Waals surface area contributed by atoms with Gasteiger partial charge in [0, 0.05) is 31.4 Å². The monoisotopic (exact) mass is 385 g/mol. The maximum absolute atomic E-state index is 12.9. The molecule has 2 amide bonds. The standard InChI is InChI=1S/C24H23N3O2/c1-17-5-4-6-18(13-17)15-26-23(28)20-9-11-25-22(14-20)24(29)27-12-10-19-7-2-3-8-21(19)16-27/h2-9,11,13-14H,10,12,15-16H2,1H3,(H,26,28). The van der Waals surface area contributed by atoms with Gasteiger partial charge in [0.2, 0.25) is 0 Å². The van der Waals surface area contributed by atoms with Crippen molar-refractivity contribution < 1.29 is 9.59 Å². The second kappa shape index (κ2) is 8.27. The van der Waals surface area contributed by atoms with E-state index >= 15 is 0 Å². The second-order valence-electron chi connectivity index (χ2n) is 7.35. The van der Waals surface area contributed by atoms with Gasteiger partial charge in [-0.25, -0.2) is 0 Å².